The van der Waals surface area contributed by atoms with Crippen LogP contribution in [0.2, 0.25) is 0 Å². The van der Waals surface area contributed by atoms with Crippen LogP contribution in [0.1, 0.15) is 16.8 Å². The number of allylic oxidation sites excluding steroid dienone is 1. The van der Waals surface area contributed by atoms with Crippen molar-refractivity contribution in [2.24, 2.45) is 0 Å². The maximum atomic E-state index is 11.6. The first kappa shape index (κ1) is 8.69. The third-order valence-electron chi connectivity index (χ3n) is 2.06. The lowest BCUT2D eigenvalue weighted by molar-refractivity contribution is -0.111. The van der Waals surface area contributed by atoms with Crippen LogP contribution in [0.5, 0.6) is 0 Å². The molecule has 0 saturated carbocycles. The summed E-state index contributed by atoms with van der Waals surface area (Å²) >= 11 is 0. The molecule has 0 radical (unpaired) electrons. The van der Waals surface area contributed by atoms with Crippen molar-refractivity contribution in [2.45, 2.75) is 6.42 Å². The predicted octanol–water partition coefficient (Wildman–Crippen LogP) is 1.77. The molecule has 1 amide bonds. The van der Waals surface area contributed by atoms with Gasteiger partial charge in [-0.3, -0.25) is 9.59 Å². The summed E-state index contributed by atoms with van der Waals surface area (Å²) in [6.07, 6.45) is 3.24. The molecular formula is C11H9NO2. The van der Waals surface area contributed by atoms with E-state index in [9.17, 15) is 9.59 Å². The lowest BCUT2D eigenvalue weighted by Crippen LogP contribution is -2.14. The minimum atomic E-state index is -0.190. The number of hydrogen-bond donors (Lipinski definition) is 1. The number of amides is 1. The van der Waals surface area contributed by atoms with Gasteiger partial charge in [-0.25, -0.2) is 0 Å². The summed E-state index contributed by atoms with van der Waals surface area (Å²) in [7, 11) is 0. The first-order valence-corrected chi connectivity index (χ1v) is 4.37. The summed E-state index contributed by atoms with van der Waals surface area (Å²) in [6, 6.07) is 7.02. The van der Waals surface area contributed by atoms with Crippen molar-refractivity contribution < 1.29 is 9.59 Å². The van der Waals surface area contributed by atoms with Crippen LogP contribution < -0.4 is 5.32 Å². The van der Waals surface area contributed by atoms with Gasteiger partial charge in [-0.15, -0.1) is 0 Å². The molecule has 3 heteroatoms. The molecule has 0 unspecified atom stereocenters. The van der Waals surface area contributed by atoms with E-state index in [0.717, 1.165) is 0 Å². The highest BCUT2D eigenvalue weighted by atomic mass is 16.1. The Hall–Kier alpha value is -1.90. The standard InChI is InChI=1S/C11H9NO2/c13-10-6-3-7-11(14)12-9-5-2-1-4-8(9)10/h1-5,7H,6H2,(H,12,14)/b7-3-. The number of benzene rings is 1. The zero-order valence-corrected chi connectivity index (χ0v) is 7.49. The summed E-state index contributed by atoms with van der Waals surface area (Å²) in [5, 5.41) is 2.65. The average molecular weight is 187 g/mol. The number of Topliss-reactive ketones (excluding diaryl/α,β-unsaturated/α-hetero) is 1. The van der Waals surface area contributed by atoms with E-state index in [1.165, 1.54) is 6.08 Å². The van der Waals surface area contributed by atoms with Crippen molar-refractivity contribution in [1.29, 1.82) is 0 Å². The van der Waals surface area contributed by atoms with Crippen molar-refractivity contribution in [1.82, 2.24) is 0 Å². The lowest BCUT2D eigenvalue weighted by atomic mass is 10.0. The molecule has 0 fully saturated rings. The summed E-state index contributed by atoms with van der Waals surface area (Å²) in [4.78, 5) is 22.8. The monoisotopic (exact) mass is 187 g/mol. The van der Waals surface area contributed by atoms with Gasteiger partial charge >= 0.3 is 0 Å². The molecule has 0 bridgehead atoms. The van der Waals surface area contributed by atoms with Gasteiger partial charge < -0.3 is 5.32 Å². The van der Waals surface area contributed by atoms with Gasteiger partial charge in [0.05, 0.1) is 5.69 Å². The number of carbonyl (C=O) groups is 2. The second kappa shape index (κ2) is 3.46. The van der Waals surface area contributed by atoms with Crippen LogP contribution in [0, 0.1) is 0 Å². The topological polar surface area (TPSA) is 46.2 Å². The van der Waals surface area contributed by atoms with Crippen molar-refractivity contribution in [3.8, 4) is 0 Å². The molecule has 1 aliphatic rings. The summed E-state index contributed by atoms with van der Waals surface area (Å²) in [6.45, 7) is 0. The highest BCUT2D eigenvalue weighted by Crippen LogP contribution is 2.18. The molecule has 0 aromatic heterocycles. The van der Waals surface area contributed by atoms with E-state index in [1.807, 2.05) is 0 Å². The van der Waals surface area contributed by atoms with E-state index in [4.69, 9.17) is 0 Å². The molecule has 1 N–H and O–H groups in total. The Morgan fingerprint density at radius 1 is 1.14 bits per heavy atom. The Morgan fingerprint density at radius 3 is 2.79 bits per heavy atom. The summed E-state index contributed by atoms with van der Waals surface area (Å²) in [5.74, 6) is -0.165. The molecular weight excluding hydrogens is 178 g/mol. The SMILES string of the molecule is O=C1/C=C\CC(=O)c2ccccc2N1. The smallest absolute Gasteiger partial charge is 0.248 e. The predicted molar refractivity (Wildman–Crippen MR) is 53.2 cm³/mol. The Kier molecular flexibility index (Phi) is 2.14. The van der Waals surface area contributed by atoms with Gasteiger partial charge in [0.1, 0.15) is 0 Å². The second-order valence-electron chi connectivity index (χ2n) is 3.06. The van der Waals surface area contributed by atoms with Gasteiger partial charge in [-0.05, 0) is 18.2 Å². The normalized spacial score (nSPS) is 17.7. The Morgan fingerprint density at radius 2 is 1.93 bits per heavy atom. The Bertz CT molecular complexity index is 421. The third kappa shape index (κ3) is 1.57. The van der Waals surface area contributed by atoms with Crippen LogP contribution in [-0.2, 0) is 4.79 Å². The first-order valence-electron chi connectivity index (χ1n) is 4.37. The van der Waals surface area contributed by atoms with Gasteiger partial charge in [0.2, 0.25) is 5.91 Å². The number of nitrogens with one attached hydrogen (secondary N) is 1. The quantitative estimate of drug-likeness (QED) is 0.672. The molecule has 0 atom stereocenters. The molecule has 0 spiro atoms. The fourth-order valence-corrected chi connectivity index (χ4v) is 1.39. The fraction of sp³-hybridized carbons (Fsp3) is 0.0909. The van der Waals surface area contributed by atoms with Gasteiger partial charge in [0.15, 0.2) is 5.78 Å². The van der Waals surface area contributed by atoms with E-state index >= 15 is 0 Å². The maximum absolute atomic E-state index is 11.6. The molecule has 1 heterocycles. The first-order chi connectivity index (χ1) is 6.77. The van der Waals surface area contributed by atoms with E-state index in [-0.39, 0.29) is 18.1 Å². The average Bonchev–Trinajstić information content (AvgIpc) is 2.16. The van der Waals surface area contributed by atoms with Gasteiger partial charge in [-0.2, -0.15) is 0 Å². The zero-order valence-electron chi connectivity index (χ0n) is 7.49. The van der Waals surface area contributed by atoms with E-state index in [1.54, 1.807) is 30.3 Å². The molecule has 70 valence electrons. The number of fused-ring (bicyclic) bond motifs is 1. The van der Waals surface area contributed by atoms with Crippen LogP contribution in [0.15, 0.2) is 36.4 Å². The molecule has 0 saturated heterocycles. The van der Waals surface area contributed by atoms with Crippen molar-refractivity contribution in [3.63, 3.8) is 0 Å². The van der Waals surface area contributed by atoms with Gasteiger partial charge in [-0.1, -0.05) is 18.2 Å². The van der Waals surface area contributed by atoms with Crippen molar-refractivity contribution >= 4 is 17.4 Å². The molecule has 1 aromatic rings. The van der Waals surface area contributed by atoms with Crippen LogP contribution in [-0.4, -0.2) is 11.7 Å². The van der Waals surface area contributed by atoms with Crippen LogP contribution >= 0.6 is 0 Å². The highest BCUT2D eigenvalue weighted by Gasteiger charge is 2.12. The fourth-order valence-electron chi connectivity index (χ4n) is 1.39. The van der Waals surface area contributed by atoms with Gasteiger partial charge in [0, 0.05) is 12.0 Å². The zero-order chi connectivity index (χ0) is 9.97. The second-order valence-corrected chi connectivity index (χ2v) is 3.06. The van der Waals surface area contributed by atoms with E-state index in [0.29, 0.717) is 11.3 Å². The summed E-state index contributed by atoms with van der Waals surface area (Å²) in [5.41, 5.74) is 1.16. The minimum Gasteiger partial charge on any atom is -0.322 e. The number of ketones is 1. The van der Waals surface area contributed by atoms with Crippen LogP contribution in [0.25, 0.3) is 0 Å². The molecule has 1 aliphatic heterocycles. The van der Waals surface area contributed by atoms with Gasteiger partial charge in [0.25, 0.3) is 0 Å². The van der Waals surface area contributed by atoms with E-state index in [2.05, 4.69) is 5.32 Å². The Balaban J connectivity index is 2.48. The molecule has 1 aromatic carbocycles. The molecule has 3 nitrogen and oxygen atoms in total. The number of para-hydroxylation sites is 1. The summed E-state index contributed by atoms with van der Waals surface area (Å²) < 4.78 is 0. The molecule has 0 aliphatic carbocycles. The van der Waals surface area contributed by atoms with Crippen LogP contribution in [0.3, 0.4) is 0 Å². The number of anilines is 1. The molecule has 2 rings (SSSR count). The minimum absolute atomic E-state index is 0.0249. The van der Waals surface area contributed by atoms with Crippen molar-refractivity contribution in [3.05, 3.63) is 42.0 Å². The number of hydrogen-bond acceptors (Lipinski definition) is 2. The van der Waals surface area contributed by atoms with Crippen LogP contribution in [0.4, 0.5) is 5.69 Å². The third-order valence-corrected chi connectivity index (χ3v) is 2.06. The molecule has 14 heavy (non-hydrogen) atoms. The lowest BCUT2D eigenvalue weighted by Gasteiger charge is -2.09. The largest absolute Gasteiger partial charge is 0.322 e. The number of rotatable bonds is 0. The Labute approximate surface area is 81.4 Å². The highest BCUT2D eigenvalue weighted by molar-refractivity contribution is 6.09. The van der Waals surface area contributed by atoms with Crippen molar-refractivity contribution in [2.75, 3.05) is 5.32 Å². The number of carbonyl (C=O) groups excluding carboxylic acids is 2. The van der Waals surface area contributed by atoms with E-state index < -0.39 is 0 Å². The maximum Gasteiger partial charge on any atom is 0.248 e.